The van der Waals surface area contributed by atoms with Crippen LogP contribution in [0.15, 0.2) is 0 Å². The molecule has 19 heavy (non-hydrogen) atoms. The number of nitrogens with one attached hydrogen (secondary N) is 2. The van der Waals surface area contributed by atoms with E-state index in [0.717, 1.165) is 25.9 Å². The molecular formula is C13H25N3O3. The van der Waals surface area contributed by atoms with E-state index in [2.05, 4.69) is 29.5 Å². The van der Waals surface area contributed by atoms with Crippen LogP contribution in [-0.4, -0.2) is 54.2 Å². The molecule has 6 nitrogen and oxygen atoms in total. The maximum atomic E-state index is 11.8. The number of nitrogens with zero attached hydrogens (tertiary/aromatic N) is 1. The lowest BCUT2D eigenvalue weighted by Gasteiger charge is -2.35. The van der Waals surface area contributed by atoms with Crippen LogP contribution in [0.2, 0.25) is 0 Å². The smallest absolute Gasteiger partial charge is 0.326 e. The molecule has 0 bridgehead atoms. The summed E-state index contributed by atoms with van der Waals surface area (Å²) in [5.74, 6) is -0.604. The Morgan fingerprint density at radius 1 is 1.47 bits per heavy atom. The summed E-state index contributed by atoms with van der Waals surface area (Å²) in [5, 5.41) is 14.4. The molecule has 0 aromatic carbocycles. The van der Waals surface area contributed by atoms with Gasteiger partial charge >= 0.3 is 12.0 Å². The molecule has 1 heterocycles. The molecule has 1 aliphatic heterocycles. The highest BCUT2D eigenvalue weighted by atomic mass is 16.4. The molecular weight excluding hydrogens is 246 g/mol. The molecule has 3 N–H and O–H groups in total. The summed E-state index contributed by atoms with van der Waals surface area (Å²) in [6.45, 7) is 5.89. The third-order valence-electron chi connectivity index (χ3n) is 3.61. The minimum absolute atomic E-state index is 0.118. The number of amides is 2. The van der Waals surface area contributed by atoms with Gasteiger partial charge in [-0.2, -0.15) is 0 Å². The number of piperidine rings is 1. The van der Waals surface area contributed by atoms with E-state index in [9.17, 15) is 9.59 Å². The monoisotopic (exact) mass is 271 g/mol. The number of hydrogen-bond donors (Lipinski definition) is 3. The van der Waals surface area contributed by atoms with Gasteiger partial charge in [-0.3, -0.25) is 0 Å². The molecule has 6 heteroatoms. The zero-order valence-electron chi connectivity index (χ0n) is 12.0. The Hall–Kier alpha value is -1.30. The van der Waals surface area contributed by atoms with Crippen molar-refractivity contribution in [3.05, 3.63) is 0 Å². The lowest BCUT2D eigenvalue weighted by Crippen LogP contribution is -2.54. The van der Waals surface area contributed by atoms with Crippen LogP contribution < -0.4 is 10.6 Å². The van der Waals surface area contributed by atoms with E-state index in [4.69, 9.17) is 5.11 Å². The molecule has 1 saturated heterocycles. The quantitative estimate of drug-likeness (QED) is 0.693. The first-order valence-corrected chi connectivity index (χ1v) is 6.92. The number of aliphatic carboxylic acids is 1. The van der Waals surface area contributed by atoms with Crippen molar-refractivity contribution in [2.75, 3.05) is 20.1 Å². The molecule has 110 valence electrons. The number of carbonyl (C=O) groups excluding carboxylic acids is 1. The molecule has 1 rings (SSSR count). The third-order valence-corrected chi connectivity index (χ3v) is 3.61. The van der Waals surface area contributed by atoms with Crippen LogP contribution in [0.25, 0.3) is 0 Å². The van der Waals surface area contributed by atoms with Gasteiger partial charge in [0.05, 0.1) is 0 Å². The molecule has 0 aromatic rings. The Morgan fingerprint density at radius 3 is 2.68 bits per heavy atom. The van der Waals surface area contributed by atoms with E-state index in [-0.39, 0.29) is 12.1 Å². The van der Waals surface area contributed by atoms with Gasteiger partial charge in [-0.25, -0.2) is 9.59 Å². The number of carbonyl (C=O) groups is 2. The Labute approximate surface area is 114 Å². The van der Waals surface area contributed by atoms with Gasteiger partial charge in [-0.1, -0.05) is 20.3 Å². The van der Waals surface area contributed by atoms with Gasteiger partial charge in [0.15, 0.2) is 0 Å². The molecule has 3 atom stereocenters. The Bertz CT molecular complexity index is 322. The van der Waals surface area contributed by atoms with Crippen molar-refractivity contribution in [3.8, 4) is 0 Å². The summed E-state index contributed by atoms with van der Waals surface area (Å²) in [7, 11) is 2.06. The van der Waals surface area contributed by atoms with Crippen molar-refractivity contribution < 1.29 is 14.7 Å². The van der Waals surface area contributed by atoms with Gasteiger partial charge < -0.3 is 20.6 Å². The van der Waals surface area contributed by atoms with Gasteiger partial charge in [0.1, 0.15) is 6.04 Å². The van der Waals surface area contributed by atoms with E-state index in [1.54, 1.807) is 0 Å². The van der Waals surface area contributed by atoms with Crippen molar-refractivity contribution in [1.29, 1.82) is 0 Å². The average Bonchev–Trinajstić information content (AvgIpc) is 2.32. The molecule has 0 radical (unpaired) electrons. The lowest BCUT2D eigenvalue weighted by molar-refractivity contribution is -0.139. The molecule has 2 amide bonds. The zero-order valence-corrected chi connectivity index (χ0v) is 12.0. The Kier molecular flexibility index (Phi) is 6.08. The highest BCUT2D eigenvalue weighted by Crippen LogP contribution is 2.15. The van der Waals surface area contributed by atoms with E-state index >= 15 is 0 Å². The van der Waals surface area contributed by atoms with Crippen LogP contribution in [0.5, 0.6) is 0 Å². The van der Waals surface area contributed by atoms with Gasteiger partial charge in [0, 0.05) is 12.6 Å². The fourth-order valence-corrected chi connectivity index (χ4v) is 2.48. The number of likely N-dealkylation sites (tertiary alicyclic amines) is 1. The maximum Gasteiger partial charge on any atom is 0.326 e. The summed E-state index contributed by atoms with van der Waals surface area (Å²) in [5.41, 5.74) is 0. The molecule has 0 spiro atoms. The first-order valence-electron chi connectivity index (χ1n) is 6.92. The van der Waals surface area contributed by atoms with Crippen LogP contribution in [0, 0.1) is 5.92 Å². The van der Waals surface area contributed by atoms with Gasteiger partial charge in [-0.15, -0.1) is 0 Å². The number of carboxylic acid groups (broad SMARTS) is 1. The highest BCUT2D eigenvalue weighted by Gasteiger charge is 2.27. The Morgan fingerprint density at radius 2 is 2.16 bits per heavy atom. The van der Waals surface area contributed by atoms with E-state index in [1.165, 1.54) is 0 Å². The number of rotatable bonds is 5. The van der Waals surface area contributed by atoms with Crippen LogP contribution >= 0.6 is 0 Å². The minimum Gasteiger partial charge on any atom is -0.480 e. The normalized spacial score (nSPS) is 25.6. The van der Waals surface area contributed by atoms with Crippen LogP contribution in [0.3, 0.4) is 0 Å². The molecule has 0 aliphatic carbocycles. The van der Waals surface area contributed by atoms with Crippen molar-refractivity contribution >= 4 is 12.0 Å². The second-order valence-corrected chi connectivity index (χ2v) is 5.43. The van der Waals surface area contributed by atoms with Crippen LogP contribution in [0.1, 0.15) is 33.1 Å². The van der Waals surface area contributed by atoms with Gasteiger partial charge in [-0.05, 0) is 32.4 Å². The zero-order chi connectivity index (χ0) is 14.4. The number of urea groups is 1. The standard InChI is InChI=1S/C13H25N3O3/c1-4-5-11(12(17)18)15-13(19)14-10-6-7-16(3)8-9(10)2/h9-11H,4-8H2,1-3H3,(H,17,18)(H2,14,15,19)/t9?,10?,11-/m0/s1. The second-order valence-electron chi connectivity index (χ2n) is 5.43. The summed E-state index contributed by atoms with van der Waals surface area (Å²) in [6, 6.07) is -1.05. The molecule has 1 aliphatic rings. The fourth-order valence-electron chi connectivity index (χ4n) is 2.48. The highest BCUT2D eigenvalue weighted by molar-refractivity contribution is 5.82. The summed E-state index contributed by atoms with van der Waals surface area (Å²) >= 11 is 0. The lowest BCUT2D eigenvalue weighted by atomic mass is 9.94. The average molecular weight is 271 g/mol. The number of hydrogen-bond acceptors (Lipinski definition) is 3. The topological polar surface area (TPSA) is 81.7 Å². The van der Waals surface area contributed by atoms with Crippen molar-refractivity contribution in [2.24, 2.45) is 5.92 Å². The largest absolute Gasteiger partial charge is 0.480 e. The van der Waals surface area contributed by atoms with Gasteiger partial charge in [0.2, 0.25) is 0 Å². The molecule has 2 unspecified atom stereocenters. The maximum absolute atomic E-state index is 11.8. The van der Waals surface area contributed by atoms with Crippen LogP contribution in [0.4, 0.5) is 4.79 Å². The summed E-state index contributed by atoms with van der Waals surface area (Å²) < 4.78 is 0. The van der Waals surface area contributed by atoms with Gasteiger partial charge in [0.25, 0.3) is 0 Å². The van der Waals surface area contributed by atoms with Crippen LogP contribution in [-0.2, 0) is 4.79 Å². The molecule has 0 saturated carbocycles. The van der Waals surface area contributed by atoms with E-state index < -0.39 is 12.0 Å². The van der Waals surface area contributed by atoms with Crippen molar-refractivity contribution in [1.82, 2.24) is 15.5 Å². The third kappa shape index (κ3) is 5.06. The first kappa shape index (κ1) is 15.8. The second kappa shape index (κ2) is 7.33. The summed E-state index contributed by atoms with van der Waals surface area (Å²) in [6.07, 6.45) is 2.07. The predicted octanol–water partition coefficient (Wildman–Crippen LogP) is 0.879. The number of carboxylic acids is 1. The van der Waals surface area contributed by atoms with Crippen molar-refractivity contribution in [3.63, 3.8) is 0 Å². The van der Waals surface area contributed by atoms with E-state index in [0.29, 0.717) is 12.3 Å². The first-order chi connectivity index (χ1) is 8.93. The Balaban J connectivity index is 2.43. The molecule has 0 aromatic heterocycles. The molecule has 1 fully saturated rings. The fraction of sp³-hybridized carbons (Fsp3) is 0.846. The van der Waals surface area contributed by atoms with E-state index in [1.807, 2.05) is 6.92 Å². The SMILES string of the molecule is CCC[C@H](NC(=O)NC1CCN(C)CC1C)C(=O)O. The minimum atomic E-state index is -0.978. The summed E-state index contributed by atoms with van der Waals surface area (Å²) in [4.78, 5) is 25.0. The predicted molar refractivity (Wildman–Crippen MR) is 73.1 cm³/mol. The van der Waals surface area contributed by atoms with Crippen molar-refractivity contribution in [2.45, 2.75) is 45.2 Å².